The summed E-state index contributed by atoms with van der Waals surface area (Å²) in [5, 5.41) is 3.78. The van der Waals surface area contributed by atoms with Crippen molar-refractivity contribution in [2.24, 2.45) is 5.41 Å². The maximum atomic E-state index is 3.78. The van der Waals surface area contributed by atoms with Crippen LogP contribution in [0.5, 0.6) is 0 Å². The van der Waals surface area contributed by atoms with E-state index in [4.69, 9.17) is 0 Å². The summed E-state index contributed by atoms with van der Waals surface area (Å²) in [5.74, 6) is 0. The number of hydrogen-bond donors (Lipinski definition) is 1. The van der Waals surface area contributed by atoms with Crippen molar-refractivity contribution in [1.82, 2.24) is 10.2 Å². The molecule has 2 aliphatic carbocycles. The van der Waals surface area contributed by atoms with Crippen LogP contribution in [0.1, 0.15) is 44.9 Å². The molecule has 0 heterocycles. The highest BCUT2D eigenvalue weighted by Crippen LogP contribution is 2.38. The van der Waals surface area contributed by atoms with Crippen molar-refractivity contribution in [2.75, 3.05) is 27.2 Å². The van der Waals surface area contributed by atoms with Crippen LogP contribution in [-0.4, -0.2) is 38.1 Å². The maximum Gasteiger partial charge on any atom is 0.00673 e. The minimum absolute atomic E-state index is 0.596. The van der Waals surface area contributed by atoms with Crippen LogP contribution in [0.25, 0.3) is 0 Å². The van der Waals surface area contributed by atoms with Gasteiger partial charge in [-0.2, -0.15) is 0 Å². The van der Waals surface area contributed by atoms with Gasteiger partial charge < -0.3 is 10.2 Å². The highest BCUT2D eigenvalue weighted by molar-refractivity contribution is 4.90. The Morgan fingerprint density at radius 1 is 1.13 bits per heavy atom. The number of nitrogens with zero attached hydrogens (tertiary/aromatic N) is 1. The summed E-state index contributed by atoms with van der Waals surface area (Å²) < 4.78 is 0. The molecule has 0 radical (unpaired) electrons. The molecule has 0 spiro atoms. The third-order valence-corrected chi connectivity index (χ3v) is 4.19. The molecule has 0 atom stereocenters. The van der Waals surface area contributed by atoms with Gasteiger partial charge in [0.2, 0.25) is 0 Å². The summed E-state index contributed by atoms with van der Waals surface area (Å²) in [6, 6.07) is 0.852. The second kappa shape index (κ2) is 4.84. The summed E-state index contributed by atoms with van der Waals surface area (Å²) in [6.07, 6.45) is 10.0. The molecule has 2 aliphatic rings. The average Bonchev–Trinajstić information content (AvgIpc) is 2.49. The van der Waals surface area contributed by atoms with Crippen molar-refractivity contribution in [2.45, 2.75) is 51.0 Å². The van der Waals surface area contributed by atoms with Crippen molar-refractivity contribution in [3.05, 3.63) is 0 Å². The van der Waals surface area contributed by atoms with Gasteiger partial charge in [0.25, 0.3) is 0 Å². The second-order valence-corrected chi connectivity index (χ2v) is 5.95. The third kappa shape index (κ3) is 2.94. The fourth-order valence-corrected chi connectivity index (χ4v) is 3.16. The Labute approximate surface area is 94.4 Å². The lowest BCUT2D eigenvalue weighted by Crippen LogP contribution is -2.45. The summed E-state index contributed by atoms with van der Waals surface area (Å²) in [6.45, 7) is 2.53. The summed E-state index contributed by atoms with van der Waals surface area (Å²) in [4.78, 5) is 2.37. The molecule has 2 fully saturated rings. The van der Waals surface area contributed by atoms with Gasteiger partial charge in [0.05, 0.1) is 0 Å². The van der Waals surface area contributed by atoms with E-state index in [1.54, 1.807) is 0 Å². The Morgan fingerprint density at radius 3 is 2.27 bits per heavy atom. The zero-order valence-electron chi connectivity index (χ0n) is 10.4. The van der Waals surface area contributed by atoms with E-state index in [0.717, 1.165) is 6.04 Å². The predicted molar refractivity (Wildman–Crippen MR) is 65.1 cm³/mol. The molecule has 15 heavy (non-hydrogen) atoms. The number of nitrogens with one attached hydrogen (secondary N) is 1. The Bertz CT molecular complexity index is 191. The van der Waals surface area contributed by atoms with E-state index in [0.29, 0.717) is 5.41 Å². The molecule has 0 saturated heterocycles. The molecule has 0 unspecified atom stereocenters. The monoisotopic (exact) mass is 210 g/mol. The Morgan fingerprint density at radius 2 is 1.80 bits per heavy atom. The van der Waals surface area contributed by atoms with Crippen LogP contribution in [-0.2, 0) is 0 Å². The number of hydrogen-bond acceptors (Lipinski definition) is 2. The van der Waals surface area contributed by atoms with Crippen LogP contribution in [0.15, 0.2) is 0 Å². The van der Waals surface area contributed by atoms with Crippen LogP contribution < -0.4 is 5.32 Å². The minimum atomic E-state index is 0.596. The molecule has 0 aliphatic heterocycles. The molecular formula is C13H26N2. The molecule has 0 amide bonds. The average molecular weight is 210 g/mol. The van der Waals surface area contributed by atoms with Gasteiger partial charge in [0.15, 0.2) is 0 Å². The van der Waals surface area contributed by atoms with E-state index in [1.807, 2.05) is 0 Å². The lowest BCUT2D eigenvalue weighted by Gasteiger charge is -2.36. The molecule has 0 aromatic rings. The van der Waals surface area contributed by atoms with Crippen molar-refractivity contribution in [1.29, 1.82) is 0 Å². The van der Waals surface area contributed by atoms with Crippen LogP contribution >= 0.6 is 0 Å². The van der Waals surface area contributed by atoms with Gasteiger partial charge in [0, 0.05) is 19.1 Å². The first kappa shape index (κ1) is 11.4. The van der Waals surface area contributed by atoms with Gasteiger partial charge in [-0.05, 0) is 45.2 Å². The summed E-state index contributed by atoms with van der Waals surface area (Å²) in [5.41, 5.74) is 0.596. The summed E-state index contributed by atoms with van der Waals surface area (Å²) >= 11 is 0. The third-order valence-electron chi connectivity index (χ3n) is 4.19. The first-order chi connectivity index (χ1) is 7.20. The largest absolute Gasteiger partial charge is 0.313 e. The van der Waals surface area contributed by atoms with Crippen molar-refractivity contribution < 1.29 is 0 Å². The summed E-state index contributed by atoms with van der Waals surface area (Å²) in [7, 11) is 4.42. The minimum Gasteiger partial charge on any atom is -0.313 e. The molecule has 0 bridgehead atoms. The molecule has 2 heteroatoms. The quantitative estimate of drug-likeness (QED) is 0.749. The van der Waals surface area contributed by atoms with Gasteiger partial charge >= 0.3 is 0 Å². The van der Waals surface area contributed by atoms with E-state index < -0.39 is 0 Å². The Balaban J connectivity index is 1.81. The lowest BCUT2D eigenvalue weighted by atomic mass is 9.84. The molecule has 0 aromatic carbocycles. The fraction of sp³-hybridized carbons (Fsp3) is 1.00. The first-order valence-corrected chi connectivity index (χ1v) is 6.58. The van der Waals surface area contributed by atoms with Crippen LogP contribution in [0.3, 0.4) is 0 Å². The van der Waals surface area contributed by atoms with Gasteiger partial charge in [-0.25, -0.2) is 0 Å². The molecule has 0 aromatic heterocycles. The van der Waals surface area contributed by atoms with E-state index >= 15 is 0 Å². The first-order valence-electron chi connectivity index (χ1n) is 6.58. The van der Waals surface area contributed by atoms with Gasteiger partial charge in [-0.1, -0.05) is 19.3 Å². The van der Waals surface area contributed by atoms with Crippen LogP contribution in [0, 0.1) is 5.41 Å². The predicted octanol–water partition coefficient (Wildman–Crippen LogP) is 2.25. The fourth-order valence-electron chi connectivity index (χ4n) is 3.16. The molecule has 2 saturated carbocycles. The van der Waals surface area contributed by atoms with Gasteiger partial charge in [-0.3, -0.25) is 0 Å². The normalized spacial score (nSPS) is 25.8. The Hall–Kier alpha value is -0.0800. The van der Waals surface area contributed by atoms with E-state index in [9.17, 15) is 0 Å². The maximum absolute atomic E-state index is 3.78. The molecule has 1 N–H and O–H groups in total. The van der Waals surface area contributed by atoms with Gasteiger partial charge in [-0.15, -0.1) is 0 Å². The van der Waals surface area contributed by atoms with Crippen molar-refractivity contribution in [3.63, 3.8) is 0 Å². The molecular weight excluding hydrogens is 184 g/mol. The van der Waals surface area contributed by atoms with E-state index in [1.165, 1.54) is 58.0 Å². The SMILES string of the molecule is CN(C)CC1(CNC2CCC2)CCCC1. The topological polar surface area (TPSA) is 15.3 Å². The molecule has 2 rings (SSSR count). The second-order valence-electron chi connectivity index (χ2n) is 5.95. The van der Waals surface area contributed by atoms with Crippen LogP contribution in [0.2, 0.25) is 0 Å². The van der Waals surface area contributed by atoms with Crippen molar-refractivity contribution in [3.8, 4) is 0 Å². The van der Waals surface area contributed by atoms with Gasteiger partial charge in [0.1, 0.15) is 0 Å². The Kier molecular flexibility index (Phi) is 3.68. The van der Waals surface area contributed by atoms with E-state index in [2.05, 4.69) is 24.3 Å². The molecule has 88 valence electrons. The zero-order chi connectivity index (χ0) is 10.7. The highest BCUT2D eigenvalue weighted by atomic mass is 15.1. The molecule has 2 nitrogen and oxygen atoms in total. The van der Waals surface area contributed by atoms with Crippen molar-refractivity contribution >= 4 is 0 Å². The highest BCUT2D eigenvalue weighted by Gasteiger charge is 2.35. The smallest absolute Gasteiger partial charge is 0.00673 e. The number of rotatable bonds is 5. The van der Waals surface area contributed by atoms with Crippen LogP contribution in [0.4, 0.5) is 0 Å². The van der Waals surface area contributed by atoms with E-state index in [-0.39, 0.29) is 0 Å². The lowest BCUT2D eigenvalue weighted by molar-refractivity contribution is 0.176. The standard InChI is InChI=1S/C13H26N2/c1-15(2)11-13(8-3-4-9-13)10-14-12-6-5-7-12/h12,14H,3-11H2,1-2H3. The zero-order valence-corrected chi connectivity index (χ0v) is 10.4.